The highest BCUT2D eigenvalue weighted by Crippen LogP contribution is 2.32. The predicted molar refractivity (Wildman–Crippen MR) is 125 cm³/mol. The molecule has 3 rings (SSSR count). The second kappa shape index (κ2) is 10.2. The number of hydrogen-bond acceptors (Lipinski definition) is 5. The molecule has 32 heavy (non-hydrogen) atoms. The number of nitrogens with one attached hydrogen (secondary N) is 1. The molecule has 1 aliphatic rings. The van der Waals surface area contributed by atoms with Crippen molar-refractivity contribution in [1.82, 2.24) is 4.31 Å². The summed E-state index contributed by atoms with van der Waals surface area (Å²) in [5, 5.41) is 2.75. The number of amides is 1. The molecular weight excluding hydrogens is 428 g/mol. The summed E-state index contributed by atoms with van der Waals surface area (Å²) in [5.41, 5.74) is 1.32. The average Bonchev–Trinajstić information content (AvgIpc) is 3.19. The molecule has 1 heterocycles. The molecule has 172 valence electrons. The Morgan fingerprint density at radius 1 is 1.00 bits per heavy atom. The fraction of sp³-hybridized carbons (Fsp3) is 0.375. The third-order valence-electron chi connectivity index (χ3n) is 4.72. The molecule has 0 aromatic heterocycles. The Hall–Kier alpha value is -2.84. The van der Waals surface area contributed by atoms with Crippen LogP contribution < -0.4 is 14.8 Å². The Morgan fingerprint density at radius 2 is 1.62 bits per heavy atom. The van der Waals surface area contributed by atoms with Crippen LogP contribution in [-0.2, 0) is 14.8 Å². The van der Waals surface area contributed by atoms with Crippen LogP contribution in [0.15, 0.2) is 53.4 Å². The standard InChI is InChI=1S/C24H30N2O5S/c1-17(2)14-26(15-18(3)4)32(28,29)21-9-7-20(8-10-21)25-24(27)12-6-19-5-11-22-23(13-19)31-16-30-22/h5-13,17-18H,14-16H2,1-4H3,(H,25,27)/b12-6+. The van der Waals surface area contributed by atoms with Gasteiger partial charge >= 0.3 is 0 Å². The number of ether oxygens (including phenoxy) is 2. The van der Waals surface area contributed by atoms with E-state index in [4.69, 9.17) is 9.47 Å². The number of hydrogen-bond donors (Lipinski definition) is 1. The normalized spacial score (nSPS) is 13.5. The van der Waals surface area contributed by atoms with Crippen molar-refractivity contribution < 1.29 is 22.7 Å². The van der Waals surface area contributed by atoms with E-state index in [0.29, 0.717) is 30.3 Å². The van der Waals surface area contributed by atoms with E-state index in [1.54, 1.807) is 30.3 Å². The van der Waals surface area contributed by atoms with Crippen molar-refractivity contribution in [2.24, 2.45) is 11.8 Å². The van der Waals surface area contributed by atoms with Crippen LogP contribution in [0.2, 0.25) is 0 Å². The highest BCUT2D eigenvalue weighted by molar-refractivity contribution is 7.89. The van der Waals surface area contributed by atoms with E-state index in [2.05, 4.69) is 5.32 Å². The van der Waals surface area contributed by atoms with Crippen LogP contribution in [0.5, 0.6) is 11.5 Å². The first kappa shape index (κ1) is 23.8. The maximum absolute atomic E-state index is 13.1. The van der Waals surface area contributed by atoms with E-state index in [1.165, 1.54) is 22.5 Å². The highest BCUT2D eigenvalue weighted by Gasteiger charge is 2.25. The number of carbonyl (C=O) groups is 1. The van der Waals surface area contributed by atoms with E-state index in [1.807, 2.05) is 33.8 Å². The van der Waals surface area contributed by atoms with Crippen LogP contribution in [0, 0.1) is 11.8 Å². The molecule has 1 aliphatic heterocycles. The summed E-state index contributed by atoms with van der Waals surface area (Å²) < 4.78 is 38.3. The van der Waals surface area contributed by atoms with Crippen molar-refractivity contribution in [1.29, 1.82) is 0 Å². The molecule has 0 spiro atoms. The molecule has 0 saturated heterocycles. The third-order valence-corrected chi connectivity index (χ3v) is 6.57. The summed E-state index contributed by atoms with van der Waals surface area (Å²) in [7, 11) is -3.60. The van der Waals surface area contributed by atoms with Crippen LogP contribution in [0.4, 0.5) is 5.69 Å². The molecule has 0 bridgehead atoms. The Morgan fingerprint density at radius 3 is 2.25 bits per heavy atom. The van der Waals surface area contributed by atoms with E-state index >= 15 is 0 Å². The first-order valence-corrected chi connectivity index (χ1v) is 12.1. The van der Waals surface area contributed by atoms with Gasteiger partial charge in [-0.3, -0.25) is 4.79 Å². The number of anilines is 1. The summed E-state index contributed by atoms with van der Waals surface area (Å²) in [5.74, 6) is 1.45. The molecule has 2 aromatic carbocycles. The van der Waals surface area contributed by atoms with Crippen molar-refractivity contribution >= 4 is 27.7 Å². The minimum absolute atomic E-state index is 0.196. The number of rotatable bonds is 9. The number of sulfonamides is 1. The van der Waals surface area contributed by atoms with Gasteiger partial charge in [-0.05, 0) is 59.9 Å². The highest BCUT2D eigenvalue weighted by atomic mass is 32.2. The van der Waals surface area contributed by atoms with Crippen molar-refractivity contribution in [2.45, 2.75) is 32.6 Å². The second-order valence-corrected chi connectivity index (χ2v) is 10.5. The van der Waals surface area contributed by atoms with Gasteiger partial charge in [0.15, 0.2) is 11.5 Å². The number of nitrogens with zero attached hydrogens (tertiary/aromatic N) is 1. The third kappa shape index (κ3) is 6.11. The summed E-state index contributed by atoms with van der Waals surface area (Å²) in [6.45, 7) is 9.11. The number of fused-ring (bicyclic) bond motifs is 1. The second-order valence-electron chi connectivity index (χ2n) is 8.57. The molecule has 0 saturated carbocycles. The fourth-order valence-electron chi connectivity index (χ4n) is 3.32. The van der Waals surface area contributed by atoms with Crippen LogP contribution in [0.3, 0.4) is 0 Å². The summed E-state index contributed by atoms with van der Waals surface area (Å²) in [6.07, 6.45) is 3.08. The summed E-state index contributed by atoms with van der Waals surface area (Å²) in [4.78, 5) is 12.5. The summed E-state index contributed by atoms with van der Waals surface area (Å²) >= 11 is 0. The zero-order valence-corrected chi connectivity index (χ0v) is 19.7. The van der Waals surface area contributed by atoms with Gasteiger partial charge in [-0.15, -0.1) is 0 Å². The molecule has 8 heteroatoms. The van der Waals surface area contributed by atoms with Crippen molar-refractivity contribution in [3.8, 4) is 11.5 Å². The molecule has 7 nitrogen and oxygen atoms in total. The van der Waals surface area contributed by atoms with Gasteiger partial charge < -0.3 is 14.8 Å². The van der Waals surface area contributed by atoms with E-state index in [-0.39, 0.29) is 29.4 Å². The van der Waals surface area contributed by atoms with Gasteiger partial charge in [-0.1, -0.05) is 33.8 Å². The first-order valence-electron chi connectivity index (χ1n) is 10.6. The number of benzene rings is 2. The molecule has 0 atom stereocenters. The molecule has 2 aromatic rings. The smallest absolute Gasteiger partial charge is 0.248 e. The predicted octanol–water partition coefficient (Wildman–Crippen LogP) is 4.37. The lowest BCUT2D eigenvalue weighted by atomic mass is 10.2. The van der Waals surface area contributed by atoms with Crippen molar-refractivity contribution in [3.05, 3.63) is 54.1 Å². The Bertz CT molecular complexity index is 1070. The largest absolute Gasteiger partial charge is 0.454 e. The lowest BCUT2D eigenvalue weighted by molar-refractivity contribution is -0.111. The van der Waals surface area contributed by atoms with Gasteiger partial charge in [0, 0.05) is 24.9 Å². The first-order chi connectivity index (χ1) is 15.1. The van der Waals surface area contributed by atoms with Crippen LogP contribution in [0.1, 0.15) is 33.3 Å². The van der Waals surface area contributed by atoms with E-state index in [9.17, 15) is 13.2 Å². The lowest BCUT2D eigenvalue weighted by Crippen LogP contribution is -2.37. The molecule has 1 N–H and O–H groups in total. The van der Waals surface area contributed by atoms with Gasteiger partial charge in [0.05, 0.1) is 4.90 Å². The summed E-state index contributed by atoms with van der Waals surface area (Å²) in [6, 6.07) is 11.7. The van der Waals surface area contributed by atoms with Gasteiger partial charge in [0.2, 0.25) is 22.7 Å². The molecule has 0 fully saturated rings. The topological polar surface area (TPSA) is 84.9 Å². The van der Waals surface area contributed by atoms with Gasteiger partial charge in [-0.25, -0.2) is 8.42 Å². The van der Waals surface area contributed by atoms with Gasteiger partial charge in [-0.2, -0.15) is 4.31 Å². The molecular formula is C24H30N2O5S. The average molecular weight is 459 g/mol. The monoisotopic (exact) mass is 458 g/mol. The van der Waals surface area contributed by atoms with E-state index in [0.717, 1.165) is 5.56 Å². The van der Waals surface area contributed by atoms with Crippen LogP contribution >= 0.6 is 0 Å². The van der Waals surface area contributed by atoms with Gasteiger partial charge in [0.1, 0.15) is 0 Å². The zero-order valence-electron chi connectivity index (χ0n) is 18.9. The maximum Gasteiger partial charge on any atom is 0.248 e. The Labute approximate surface area is 190 Å². The lowest BCUT2D eigenvalue weighted by Gasteiger charge is -2.25. The number of carbonyl (C=O) groups excluding carboxylic acids is 1. The Balaban J connectivity index is 1.66. The zero-order chi connectivity index (χ0) is 23.3. The van der Waals surface area contributed by atoms with Crippen LogP contribution in [0.25, 0.3) is 6.08 Å². The maximum atomic E-state index is 13.1. The molecule has 1 amide bonds. The van der Waals surface area contributed by atoms with Crippen molar-refractivity contribution in [3.63, 3.8) is 0 Å². The van der Waals surface area contributed by atoms with Crippen molar-refractivity contribution in [2.75, 3.05) is 25.2 Å². The van der Waals surface area contributed by atoms with Crippen LogP contribution in [-0.4, -0.2) is 38.5 Å². The quantitative estimate of drug-likeness (QED) is 0.564. The van der Waals surface area contributed by atoms with Gasteiger partial charge in [0.25, 0.3) is 0 Å². The Kier molecular flexibility index (Phi) is 7.58. The minimum atomic E-state index is -3.60. The molecule has 0 unspecified atom stereocenters. The molecule has 0 aliphatic carbocycles. The molecule has 0 radical (unpaired) electrons. The SMILES string of the molecule is CC(C)CN(CC(C)C)S(=O)(=O)c1ccc(NC(=O)/C=C/c2ccc3c(c2)OCO3)cc1. The minimum Gasteiger partial charge on any atom is -0.454 e. The van der Waals surface area contributed by atoms with E-state index < -0.39 is 10.0 Å². The fourth-order valence-corrected chi connectivity index (χ4v) is 5.08.